The fourth-order valence-electron chi connectivity index (χ4n) is 8.33. The van der Waals surface area contributed by atoms with Gasteiger partial charge < -0.3 is 0 Å². The smallest absolute Gasteiger partial charge is 0.164 e. The first-order chi connectivity index (χ1) is 27.7. The first kappa shape index (κ1) is 32.0. The van der Waals surface area contributed by atoms with Gasteiger partial charge in [-0.2, -0.15) is 0 Å². The quantitative estimate of drug-likeness (QED) is 0.172. The van der Waals surface area contributed by atoms with E-state index in [1.165, 1.54) is 66.1 Å². The van der Waals surface area contributed by atoms with E-state index in [1.54, 1.807) is 0 Å². The van der Waals surface area contributed by atoms with E-state index in [-0.39, 0.29) is 0 Å². The molecule has 260 valence electrons. The minimum Gasteiger partial charge on any atom is -0.208 e. The van der Waals surface area contributed by atoms with Gasteiger partial charge in [-0.15, -0.1) is 0 Å². The van der Waals surface area contributed by atoms with Gasteiger partial charge in [0.15, 0.2) is 17.5 Å². The predicted molar refractivity (Wildman–Crippen MR) is 232 cm³/mol. The van der Waals surface area contributed by atoms with Gasteiger partial charge in [-0.3, -0.25) is 0 Å². The summed E-state index contributed by atoms with van der Waals surface area (Å²) >= 11 is 0. The Morgan fingerprint density at radius 3 is 1.43 bits per heavy atom. The summed E-state index contributed by atoms with van der Waals surface area (Å²) in [6, 6.07) is 71.3. The van der Waals surface area contributed by atoms with Gasteiger partial charge in [0.2, 0.25) is 0 Å². The molecule has 0 atom stereocenters. The Kier molecular flexibility index (Phi) is 7.49. The molecule has 0 radical (unpaired) electrons. The number of benzene rings is 9. The van der Waals surface area contributed by atoms with Gasteiger partial charge in [0.05, 0.1) is 0 Å². The molecule has 10 aromatic rings. The fourth-order valence-corrected chi connectivity index (χ4v) is 8.33. The standard InChI is InChI=1S/C53H33N3/c1-3-13-35(14-4-1)51-54-52(36-15-5-2-6-16-36)56-53(55-51)42-23-10-22-41(30-42)48-33-43(31-40-17-7-8-24-44(40)48)38-21-9-20-37(29-38)39-27-28-45-46-25-11-18-34-19-12-26-47(50(34)46)49(45)32-39/h1-33H. The van der Waals surface area contributed by atoms with E-state index in [9.17, 15) is 0 Å². The highest BCUT2D eigenvalue weighted by molar-refractivity contribution is 6.15. The second-order valence-corrected chi connectivity index (χ2v) is 14.4. The zero-order valence-corrected chi connectivity index (χ0v) is 30.4. The van der Waals surface area contributed by atoms with Gasteiger partial charge in [0, 0.05) is 16.7 Å². The van der Waals surface area contributed by atoms with Crippen molar-refractivity contribution in [3.8, 4) is 89.8 Å². The molecule has 1 heterocycles. The monoisotopic (exact) mass is 711 g/mol. The highest BCUT2D eigenvalue weighted by atomic mass is 15.0. The van der Waals surface area contributed by atoms with Gasteiger partial charge in [0.1, 0.15) is 0 Å². The average molecular weight is 712 g/mol. The third-order valence-corrected chi connectivity index (χ3v) is 11.0. The van der Waals surface area contributed by atoms with Crippen molar-refractivity contribution in [2.45, 2.75) is 0 Å². The van der Waals surface area contributed by atoms with Crippen molar-refractivity contribution in [3.63, 3.8) is 0 Å². The van der Waals surface area contributed by atoms with Crippen LogP contribution in [0, 0.1) is 0 Å². The van der Waals surface area contributed by atoms with Crippen LogP contribution in [0.1, 0.15) is 0 Å². The molecule has 0 saturated heterocycles. The zero-order valence-electron chi connectivity index (χ0n) is 30.4. The van der Waals surface area contributed by atoms with Gasteiger partial charge in [-0.05, 0) is 108 Å². The Bertz CT molecular complexity index is 3070. The van der Waals surface area contributed by atoms with Crippen molar-refractivity contribution in [1.82, 2.24) is 15.0 Å². The number of nitrogens with zero attached hydrogens (tertiary/aromatic N) is 3. The summed E-state index contributed by atoms with van der Waals surface area (Å²) in [7, 11) is 0. The Morgan fingerprint density at radius 2 is 0.714 bits per heavy atom. The fraction of sp³-hybridized carbons (Fsp3) is 0. The molecule has 1 aliphatic rings. The summed E-state index contributed by atoms with van der Waals surface area (Å²) in [5.41, 5.74) is 15.1. The lowest BCUT2D eigenvalue weighted by atomic mass is 9.91. The van der Waals surface area contributed by atoms with E-state index in [1.807, 2.05) is 60.7 Å². The van der Waals surface area contributed by atoms with Gasteiger partial charge in [0.25, 0.3) is 0 Å². The van der Waals surface area contributed by atoms with Crippen LogP contribution >= 0.6 is 0 Å². The first-order valence-electron chi connectivity index (χ1n) is 19.0. The van der Waals surface area contributed by atoms with E-state index >= 15 is 0 Å². The number of hydrogen-bond acceptors (Lipinski definition) is 3. The zero-order chi connectivity index (χ0) is 37.0. The van der Waals surface area contributed by atoms with Crippen LogP contribution in [0.2, 0.25) is 0 Å². The molecule has 0 amide bonds. The molecule has 0 unspecified atom stereocenters. The third-order valence-electron chi connectivity index (χ3n) is 11.0. The van der Waals surface area contributed by atoms with E-state index in [4.69, 9.17) is 15.0 Å². The number of aromatic nitrogens is 3. The Balaban J connectivity index is 1.01. The molecule has 0 N–H and O–H groups in total. The molecule has 11 rings (SSSR count). The SMILES string of the molecule is c1ccc(-c2nc(-c3ccccc3)nc(-c3cccc(-c4cc(-c5cccc(-c6ccc7c(c6)-c6cccc8cccc-7c68)c5)cc5ccccc45)c3)n2)cc1. The largest absolute Gasteiger partial charge is 0.208 e. The molecule has 0 fully saturated rings. The van der Waals surface area contributed by atoms with Crippen LogP contribution in [0.15, 0.2) is 200 Å². The van der Waals surface area contributed by atoms with Crippen molar-refractivity contribution in [2.24, 2.45) is 0 Å². The second-order valence-electron chi connectivity index (χ2n) is 14.4. The molecule has 3 nitrogen and oxygen atoms in total. The number of fused-ring (bicyclic) bond motifs is 4. The van der Waals surface area contributed by atoms with Crippen molar-refractivity contribution in [1.29, 1.82) is 0 Å². The molecular formula is C53H33N3. The molecule has 0 spiro atoms. The van der Waals surface area contributed by atoms with Crippen LogP contribution in [0.3, 0.4) is 0 Å². The molecule has 0 bridgehead atoms. The average Bonchev–Trinajstić information content (AvgIpc) is 3.60. The lowest BCUT2D eigenvalue weighted by Gasteiger charge is -2.14. The molecule has 0 aliphatic heterocycles. The molecular weight excluding hydrogens is 679 g/mol. The third kappa shape index (κ3) is 5.49. The van der Waals surface area contributed by atoms with E-state index < -0.39 is 0 Å². The molecule has 1 aliphatic carbocycles. The minimum atomic E-state index is 0.640. The van der Waals surface area contributed by atoms with Crippen molar-refractivity contribution in [2.75, 3.05) is 0 Å². The summed E-state index contributed by atoms with van der Waals surface area (Å²) in [4.78, 5) is 15.0. The highest BCUT2D eigenvalue weighted by Crippen LogP contribution is 2.48. The Labute approximate surface area is 325 Å². The minimum absolute atomic E-state index is 0.640. The van der Waals surface area contributed by atoms with Gasteiger partial charge in [-0.25, -0.2) is 15.0 Å². The van der Waals surface area contributed by atoms with Crippen molar-refractivity contribution >= 4 is 21.5 Å². The predicted octanol–water partition coefficient (Wildman–Crippen LogP) is 13.8. The Hall–Kier alpha value is -7.49. The van der Waals surface area contributed by atoms with Gasteiger partial charge >= 0.3 is 0 Å². The molecule has 1 aromatic heterocycles. The molecule has 0 saturated carbocycles. The summed E-state index contributed by atoms with van der Waals surface area (Å²) in [6.07, 6.45) is 0. The first-order valence-corrected chi connectivity index (χ1v) is 19.0. The second kappa shape index (κ2) is 13.1. The summed E-state index contributed by atoms with van der Waals surface area (Å²) in [6.45, 7) is 0. The van der Waals surface area contributed by atoms with Crippen LogP contribution in [0.5, 0.6) is 0 Å². The summed E-state index contributed by atoms with van der Waals surface area (Å²) in [5, 5.41) is 5.03. The summed E-state index contributed by atoms with van der Waals surface area (Å²) < 4.78 is 0. The van der Waals surface area contributed by atoms with Gasteiger partial charge in [-0.1, -0.05) is 170 Å². The maximum Gasteiger partial charge on any atom is 0.164 e. The molecule has 3 heteroatoms. The van der Waals surface area contributed by atoms with E-state index in [2.05, 4.69) is 140 Å². The van der Waals surface area contributed by atoms with Crippen LogP contribution in [0.25, 0.3) is 111 Å². The Morgan fingerprint density at radius 1 is 0.232 bits per heavy atom. The van der Waals surface area contributed by atoms with Crippen LogP contribution in [-0.4, -0.2) is 15.0 Å². The molecule has 56 heavy (non-hydrogen) atoms. The highest BCUT2D eigenvalue weighted by Gasteiger charge is 2.21. The number of hydrogen-bond donors (Lipinski definition) is 0. The summed E-state index contributed by atoms with van der Waals surface area (Å²) in [5.74, 6) is 1.94. The lowest BCUT2D eigenvalue weighted by Crippen LogP contribution is -2.00. The number of rotatable bonds is 6. The topological polar surface area (TPSA) is 38.7 Å². The molecule has 9 aromatic carbocycles. The van der Waals surface area contributed by atoms with Crippen molar-refractivity contribution in [3.05, 3.63) is 200 Å². The lowest BCUT2D eigenvalue weighted by molar-refractivity contribution is 1.07. The van der Waals surface area contributed by atoms with E-state index in [0.717, 1.165) is 27.8 Å². The van der Waals surface area contributed by atoms with Crippen LogP contribution in [-0.2, 0) is 0 Å². The normalized spacial score (nSPS) is 11.6. The maximum absolute atomic E-state index is 5.02. The van der Waals surface area contributed by atoms with Crippen molar-refractivity contribution < 1.29 is 0 Å². The van der Waals surface area contributed by atoms with E-state index in [0.29, 0.717) is 17.5 Å². The van der Waals surface area contributed by atoms with Crippen LogP contribution < -0.4 is 0 Å². The van der Waals surface area contributed by atoms with Crippen LogP contribution in [0.4, 0.5) is 0 Å². The maximum atomic E-state index is 5.02.